The van der Waals surface area contributed by atoms with Crippen LogP contribution in [0.1, 0.15) is 17.7 Å². The summed E-state index contributed by atoms with van der Waals surface area (Å²) in [5.41, 5.74) is 1.00. The molecule has 134 valence electrons. The van der Waals surface area contributed by atoms with Crippen LogP contribution in [0, 0.1) is 0 Å². The summed E-state index contributed by atoms with van der Waals surface area (Å²) in [4.78, 5) is 17.3. The van der Waals surface area contributed by atoms with E-state index < -0.39 is 0 Å². The number of nitrogens with zero attached hydrogens (tertiary/aromatic N) is 1. The van der Waals surface area contributed by atoms with E-state index in [9.17, 15) is 4.79 Å². The van der Waals surface area contributed by atoms with E-state index in [1.54, 1.807) is 24.6 Å². The highest BCUT2D eigenvalue weighted by Gasteiger charge is 2.16. The van der Waals surface area contributed by atoms with Crippen molar-refractivity contribution in [3.8, 4) is 16.3 Å². The van der Waals surface area contributed by atoms with Gasteiger partial charge in [0.2, 0.25) is 5.91 Å². The van der Waals surface area contributed by atoms with Gasteiger partial charge in [-0.15, -0.1) is 11.3 Å². The van der Waals surface area contributed by atoms with Crippen molar-refractivity contribution in [3.63, 3.8) is 0 Å². The quantitative estimate of drug-likeness (QED) is 0.782. The van der Waals surface area contributed by atoms with E-state index in [4.69, 9.17) is 14.2 Å². The number of amides is 1. The number of ether oxygens (including phenoxy) is 3. The average Bonchev–Trinajstić information content (AvgIpc) is 3.32. The highest BCUT2D eigenvalue weighted by atomic mass is 32.1. The van der Waals surface area contributed by atoms with Crippen LogP contribution in [0.3, 0.4) is 0 Å². The molecule has 1 amide bonds. The summed E-state index contributed by atoms with van der Waals surface area (Å²) in [6.45, 7) is 1.78. The Labute approximate surface area is 151 Å². The smallest absolute Gasteiger partial charge is 0.246 e. The van der Waals surface area contributed by atoms with Gasteiger partial charge in [-0.25, -0.2) is 4.98 Å². The van der Waals surface area contributed by atoms with E-state index in [0.29, 0.717) is 13.2 Å². The Balaban J connectivity index is 1.44. The fourth-order valence-corrected chi connectivity index (χ4v) is 3.42. The molecule has 1 saturated heterocycles. The maximum absolute atomic E-state index is 11.8. The summed E-state index contributed by atoms with van der Waals surface area (Å²) in [6, 6.07) is 7.76. The minimum atomic E-state index is -0.130. The minimum absolute atomic E-state index is 0.0569. The Bertz CT molecular complexity index is 698. The Morgan fingerprint density at radius 3 is 3.20 bits per heavy atom. The number of carbonyl (C=O) groups is 1. The number of hydrogen-bond donors (Lipinski definition) is 1. The SMILES string of the molecule is COc1cccc(-c2ncc(CNC(=O)COC[C@H]3CCCO3)s2)c1. The molecule has 0 bridgehead atoms. The molecule has 2 aromatic rings. The second-order valence-corrected chi connectivity index (χ2v) is 6.91. The summed E-state index contributed by atoms with van der Waals surface area (Å²) in [5, 5.41) is 3.75. The molecule has 2 heterocycles. The number of hydrogen-bond acceptors (Lipinski definition) is 6. The first-order chi connectivity index (χ1) is 12.2. The Morgan fingerprint density at radius 2 is 2.40 bits per heavy atom. The number of nitrogens with one attached hydrogen (secondary N) is 1. The van der Waals surface area contributed by atoms with Crippen molar-refractivity contribution < 1.29 is 19.0 Å². The molecule has 7 heteroatoms. The molecule has 1 aliphatic heterocycles. The molecule has 1 atom stereocenters. The first-order valence-corrected chi connectivity index (χ1v) is 9.11. The summed E-state index contributed by atoms with van der Waals surface area (Å²) >= 11 is 1.55. The maximum atomic E-state index is 11.8. The predicted octanol–water partition coefficient (Wildman–Crippen LogP) is 2.63. The standard InChI is InChI=1S/C18H22N2O4S/c1-22-14-5-2-4-13(8-14)18-20-10-16(25-18)9-19-17(21)12-23-11-15-6-3-7-24-15/h2,4-5,8,10,15H,3,6-7,9,11-12H2,1H3,(H,19,21)/t15-/m1/s1. The van der Waals surface area contributed by atoms with Gasteiger partial charge in [0.25, 0.3) is 0 Å². The highest BCUT2D eigenvalue weighted by molar-refractivity contribution is 7.15. The number of carbonyl (C=O) groups excluding carboxylic acids is 1. The van der Waals surface area contributed by atoms with Crippen molar-refractivity contribution in [1.82, 2.24) is 10.3 Å². The fourth-order valence-electron chi connectivity index (χ4n) is 2.57. The van der Waals surface area contributed by atoms with Gasteiger partial charge in [0.15, 0.2) is 0 Å². The molecule has 1 fully saturated rings. The molecule has 25 heavy (non-hydrogen) atoms. The van der Waals surface area contributed by atoms with E-state index >= 15 is 0 Å². The van der Waals surface area contributed by atoms with Gasteiger partial charge < -0.3 is 19.5 Å². The zero-order valence-electron chi connectivity index (χ0n) is 14.2. The summed E-state index contributed by atoms with van der Waals surface area (Å²) in [7, 11) is 1.64. The van der Waals surface area contributed by atoms with Crippen LogP contribution in [0.25, 0.3) is 10.6 Å². The molecule has 0 saturated carbocycles. The van der Waals surface area contributed by atoms with Crippen LogP contribution in [0.15, 0.2) is 30.5 Å². The van der Waals surface area contributed by atoms with Crippen molar-refractivity contribution in [2.75, 3.05) is 26.9 Å². The Hall–Kier alpha value is -1.96. The lowest BCUT2D eigenvalue weighted by molar-refractivity contribution is -0.127. The van der Waals surface area contributed by atoms with E-state index in [1.165, 1.54) is 0 Å². The molecular formula is C18H22N2O4S. The largest absolute Gasteiger partial charge is 0.497 e. The first kappa shape index (κ1) is 17.8. The lowest BCUT2D eigenvalue weighted by Crippen LogP contribution is -2.28. The number of thiazole rings is 1. The van der Waals surface area contributed by atoms with Crippen LogP contribution in [-0.2, 0) is 20.8 Å². The number of aromatic nitrogens is 1. The third-order valence-corrected chi connectivity index (χ3v) is 4.94. The van der Waals surface area contributed by atoms with Gasteiger partial charge in [-0.3, -0.25) is 4.79 Å². The van der Waals surface area contributed by atoms with Crippen molar-refractivity contribution in [1.29, 1.82) is 0 Å². The molecule has 0 radical (unpaired) electrons. The van der Waals surface area contributed by atoms with Crippen LogP contribution >= 0.6 is 11.3 Å². The molecule has 1 aromatic heterocycles. The van der Waals surface area contributed by atoms with E-state index in [2.05, 4.69) is 10.3 Å². The molecule has 0 spiro atoms. The maximum Gasteiger partial charge on any atom is 0.246 e. The van der Waals surface area contributed by atoms with Gasteiger partial charge in [0.05, 0.1) is 26.4 Å². The molecular weight excluding hydrogens is 340 g/mol. The van der Waals surface area contributed by atoms with Gasteiger partial charge in [0, 0.05) is 23.2 Å². The predicted molar refractivity (Wildman–Crippen MR) is 95.7 cm³/mol. The van der Waals surface area contributed by atoms with E-state index in [-0.39, 0.29) is 18.6 Å². The zero-order valence-corrected chi connectivity index (χ0v) is 15.0. The van der Waals surface area contributed by atoms with Crippen LogP contribution in [0.2, 0.25) is 0 Å². The summed E-state index contributed by atoms with van der Waals surface area (Å²) in [5.74, 6) is 0.667. The normalized spacial score (nSPS) is 16.8. The molecule has 3 rings (SSSR count). The third-order valence-electron chi connectivity index (χ3n) is 3.89. The van der Waals surface area contributed by atoms with Gasteiger partial charge in [-0.05, 0) is 25.0 Å². The minimum Gasteiger partial charge on any atom is -0.497 e. The second-order valence-electron chi connectivity index (χ2n) is 5.79. The fraction of sp³-hybridized carbons (Fsp3) is 0.444. The summed E-state index contributed by atoms with van der Waals surface area (Å²) in [6.07, 6.45) is 4.00. The van der Waals surface area contributed by atoms with E-state index in [1.807, 2.05) is 24.3 Å². The lowest BCUT2D eigenvalue weighted by atomic mass is 10.2. The van der Waals surface area contributed by atoms with Crippen molar-refractivity contribution in [2.45, 2.75) is 25.5 Å². The van der Waals surface area contributed by atoms with Gasteiger partial charge in [-0.2, -0.15) is 0 Å². The van der Waals surface area contributed by atoms with Crippen LogP contribution in [-0.4, -0.2) is 43.9 Å². The Morgan fingerprint density at radius 1 is 1.48 bits per heavy atom. The summed E-state index contributed by atoms with van der Waals surface area (Å²) < 4.78 is 16.1. The van der Waals surface area contributed by atoms with Gasteiger partial charge in [-0.1, -0.05) is 12.1 Å². The van der Waals surface area contributed by atoms with Crippen LogP contribution < -0.4 is 10.1 Å². The Kier molecular flexibility index (Phi) is 6.38. The molecule has 1 aromatic carbocycles. The van der Waals surface area contributed by atoms with Crippen LogP contribution in [0.5, 0.6) is 5.75 Å². The van der Waals surface area contributed by atoms with Crippen molar-refractivity contribution in [2.24, 2.45) is 0 Å². The molecule has 1 aliphatic rings. The van der Waals surface area contributed by atoms with E-state index in [0.717, 1.165) is 40.6 Å². The van der Waals surface area contributed by atoms with Crippen molar-refractivity contribution in [3.05, 3.63) is 35.3 Å². The third kappa shape index (κ3) is 5.26. The van der Waals surface area contributed by atoms with Gasteiger partial charge in [0.1, 0.15) is 17.4 Å². The topological polar surface area (TPSA) is 69.7 Å². The second kappa shape index (κ2) is 8.94. The highest BCUT2D eigenvalue weighted by Crippen LogP contribution is 2.27. The van der Waals surface area contributed by atoms with Crippen molar-refractivity contribution >= 4 is 17.2 Å². The zero-order chi connectivity index (χ0) is 17.5. The number of benzene rings is 1. The molecule has 0 aliphatic carbocycles. The number of methoxy groups -OCH3 is 1. The molecule has 1 N–H and O–H groups in total. The lowest BCUT2D eigenvalue weighted by Gasteiger charge is -2.09. The molecule has 6 nitrogen and oxygen atoms in total. The van der Waals surface area contributed by atoms with Gasteiger partial charge >= 0.3 is 0 Å². The number of rotatable bonds is 8. The van der Waals surface area contributed by atoms with Crippen LogP contribution in [0.4, 0.5) is 0 Å². The monoisotopic (exact) mass is 362 g/mol. The average molecular weight is 362 g/mol. The first-order valence-electron chi connectivity index (χ1n) is 8.30. The molecule has 0 unspecified atom stereocenters.